The normalized spacial score (nSPS) is 10.8. The fourth-order valence-corrected chi connectivity index (χ4v) is 3.24. The Morgan fingerprint density at radius 1 is 1.00 bits per heavy atom. The summed E-state index contributed by atoms with van der Waals surface area (Å²) in [4.78, 5) is 24.2. The molecule has 0 aliphatic heterocycles. The van der Waals surface area contributed by atoms with Crippen LogP contribution in [0.15, 0.2) is 65.8 Å². The van der Waals surface area contributed by atoms with Gasteiger partial charge in [-0.15, -0.1) is 0 Å². The van der Waals surface area contributed by atoms with Gasteiger partial charge in [0.15, 0.2) is 6.61 Å². The molecule has 0 bridgehead atoms. The van der Waals surface area contributed by atoms with E-state index in [9.17, 15) is 9.59 Å². The van der Waals surface area contributed by atoms with Crippen molar-refractivity contribution in [1.29, 1.82) is 0 Å². The van der Waals surface area contributed by atoms with Gasteiger partial charge in [0, 0.05) is 5.02 Å². The van der Waals surface area contributed by atoms with Crippen LogP contribution in [0.25, 0.3) is 0 Å². The molecular formula is C24H20Cl2N2O4. The SMILES string of the molecule is Cc1ccc(OCC(=O)NN=Cc2ccc(OC(=O)c3ccc(Cl)cc3Cl)cc2)c(C)c1. The number of nitrogens with zero attached hydrogens (tertiary/aromatic N) is 1. The number of aryl methyl sites for hydroxylation is 2. The zero-order valence-electron chi connectivity index (χ0n) is 17.4. The average molecular weight is 471 g/mol. The minimum absolute atomic E-state index is 0.149. The number of hydrazone groups is 1. The van der Waals surface area contributed by atoms with Crippen molar-refractivity contribution < 1.29 is 19.1 Å². The Balaban J connectivity index is 1.49. The summed E-state index contributed by atoms with van der Waals surface area (Å²) in [6.07, 6.45) is 1.47. The molecule has 1 N–H and O–H groups in total. The van der Waals surface area contributed by atoms with E-state index in [-0.39, 0.29) is 23.1 Å². The summed E-state index contributed by atoms with van der Waals surface area (Å²) < 4.78 is 10.8. The number of halogens is 2. The first-order valence-electron chi connectivity index (χ1n) is 9.61. The molecule has 164 valence electrons. The molecule has 0 atom stereocenters. The highest BCUT2D eigenvalue weighted by molar-refractivity contribution is 6.36. The third-order valence-corrected chi connectivity index (χ3v) is 4.88. The molecule has 6 nitrogen and oxygen atoms in total. The minimum Gasteiger partial charge on any atom is -0.483 e. The highest BCUT2D eigenvalue weighted by Crippen LogP contribution is 2.23. The summed E-state index contributed by atoms with van der Waals surface area (Å²) in [6.45, 7) is 3.76. The van der Waals surface area contributed by atoms with Crippen LogP contribution in [-0.4, -0.2) is 24.7 Å². The van der Waals surface area contributed by atoms with Crippen LogP contribution in [0.3, 0.4) is 0 Å². The second kappa shape index (κ2) is 10.8. The Bertz CT molecular complexity index is 1160. The van der Waals surface area contributed by atoms with E-state index in [0.29, 0.717) is 22.1 Å². The van der Waals surface area contributed by atoms with Crippen LogP contribution in [0.2, 0.25) is 10.0 Å². The van der Waals surface area contributed by atoms with Gasteiger partial charge in [-0.1, -0.05) is 40.9 Å². The predicted octanol–water partition coefficient (Wildman–Crippen LogP) is 5.36. The second-order valence-electron chi connectivity index (χ2n) is 6.93. The fraction of sp³-hybridized carbons (Fsp3) is 0.125. The first-order valence-corrected chi connectivity index (χ1v) is 10.4. The first-order chi connectivity index (χ1) is 15.3. The number of hydrogen-bond donors (Lipinski definition) is 1. The van der Waals surface area contributed by atoms with Crippen LogP contribution in [0, 0.1) is 13.8 Å². The van der Waals surface area contributed by atoms with Crippen LogP contribution >= 0.6 is 23.2 Å². The summed E-state index contributed by atoms with van der Waals surface area (Å²) in [5.74, 6) is 0.0135. The van der Waals surface area contributed by atoms with E-state index in [1.807, 2.05) is 32.0 Å². The Kier molecular flexibility index (Phi) is 7.87. The van der Waals surface area contributed by atoms with Crippen molar-refractivity contribution in [1.82, 2.24) is 5.43 Å². The number of ether oxygens (including phenoxy) is 2. The largest absolute Gasteiger partial charge is 0.483 e. The third-order valence-electron chi connectivity index (χ3n) is 4.33. The van der Waals surface area contributed by atoms with Gasteiger partial charge in [0.25, 0.3) is 5.91 Å². The lowest BCUT2D eigenvalue weighted by Gasteiger charge is -2.08. The van der Waals surface area contributed by atoms with E-state index in [1.54, 1.807) is 30.3 Å². The Morgan fingerprint density at radius 3 is 2.44 bits per heavy atom. The van der Waals surface area contributed by atoms with Crippen molar-refractivity contribution >= 4 is 41.3 Å². The molecule has 8 heteroatoms. The lowest BCUT2D eigenvalue weighted by atomic mass is 10.1. The fourth-order valence-electron chi connectivity index (χ4n) is 2.75. The van der Waals surface area contributed by atoms with Crippen LogP contribution in [0.5, 0.6) is 11.5 Å². The predicted molar refractivity (Wildman–Crippen MR) is 125 cm³/mol. The molecule has 3 aromatic rings. The van der Waals surface area contributed by atoms with Gasteiger partial charge in [-0.25, -0.2) is 10.2 Å². The topological polar surface area (TPSA) is 77.0 Å². The highest BCUT2D eigenvalue weighted by Gasteiger charge is 2.13. The van der Waals surface area contributed by atoms with Gasteiger partial charge in [0.2, 0.25) is 0 Å². The van der Waals surface area contributed by atoms with E-state index in [2.05, 4.69) is 10.5 Å². The smallest absolute Gasteiger partial charge is 0.345 e. The lowest BCUT2D eigenvalue weighted by Crippen LogP contribution is -2.24. The van der Waals surface area contributed by atoms with Gasteiger partial charge in [-0.2, -0.15) is 5.10 Å². The maximum atomic E-state index is 12.2. The number of hydrogen-bond acceptors (Lipinski definition) is 5. The Hall–Kier alpha value is -3.35. The number of carbonyl (C=O) groups is 2. The van der Waals surface area contributed by atoms with Crippen molar-refractivity contribution in [2.45, 2.75) is 13.8 Å². The quantitative estimate of drug-likeness (QED) is 0.218. The lowest BCUT2D eigenvalue weighted by molar-refractivity contribution is -0.123. The number of rotatable bonds is 7. The van der Waals surface area contributed by atoms with Gasteiger partial charge in [-0.3, -0.25) is 4.79 Å². The minimum atomic E-state index is -0.593. The third kappa shape index (κ3) is 6.57. The molecule has 0 unspecified atom stereocenters. The van der Waals surface area contributed by atoms with E-state index in [0.717, 1.165) is 11.1 Å². The number of amides is 1. The van der Waals surface area contributed by atoms with Gasteiger partial charge in [0.05, 0.1) is 16.8 Å². The molecule has 1 amide bonds. The number of carbonyl (C=O) groups excluding carboxylic acids is 2. The Labute approximate surface area is 195 Å². The van der Waals surface area contributed by atoms with Gasteiger partial charge >= 0.3 is 5.97 Å². The number of benzene rings is 3. The monoisotopic (exact) mass is 470 g/mol. The maximum absolute atomic E-state index is 12.2. The van der Waals surface area contributed by atoms with Crippen molar-refractivity contribution in [2.24, 2.45) is 5.10 Å². The van der Waals surface area contributed by atoms with Gasteiger partial charge in [0.1, 0.15) is 11.5 Å². The molecule has 0 spiro atoms. The van der Waals surface area contributed by atoms with Crippen LogP contribution in [-0.2, 0) is 4.79 Å². The first kappa shape index (κ1) is 23.3. The average Bonchev–Trinajstić information content (AvgIpc) is 2.74. The van der Waals surface area contributed by atoms with E-state index >= 15 is 0 Å². The molecule has 0 aliphatic rings. The highest BCUT2D eigenvalue weighted by atomic mass is 35.5. The van der Waals surface area contributed by atoms with Gasteiger partial charge < -0.3 is 9.47 Å². The van der Waals surface area contributed by atoms with Crippen molar-refractivity contribution in [3.05, 3.63) is 93.0 Å². The maximum Gasteiger partial charge on any atom is 0.345 e. The number of nitrogens with one attached hydrogen (secondary N) is 1. The summed E-state index contributed by atoms with van der Waals surface area (Å²) in [6, 6.07) is 16.9. The zero-order valence-corrected chi connectivity index (χ0v) is 18.9. The van der Waals surface area contributed by atoms with Gasteiger partial charge in [-0.05, 0) is 73.5 Å². The van der Waals surface area contributed by atoms with Crippen molar-refractivity contribution in [3.63, 3.8) is 0 Å². The zero-order chi connectivity index (χ0) is 23.1. The molecule has 32 heavy (non-hydrogen) atoms. The van der Waals surface area contributed by atoms with E-state index in [4.69, 9.17) is 32.7 Å². The molecule has 3 aromatic carbocycles. The summed E-state index contributed by atoms with van der Waals surface area (Å²) in [5.41, 5.74) is 5.40. The van der Waals surface area contributed by atoms with E-state index < -0.39 is 5.97 Å². The van der Waals surface area contributed by atoms with Crippen LogP contribution < -0.4 is 14.9 Å². The molecular weight excluding hydrogens is 451 g/mol. The number of esters is 1. The molecule has 0 radical (unpaired) electrons. The second-order valence-corrected chi connectivity index (χ2v) is 7.78. The molecule has 0 aromatic heterocycles. The molecule has 0 saturated carbocycles. The summed E-state index contributed by atoms with van der Waals surface area (Å²) >= 11 is 11.9. The molecule has 3 rings (SSSR count). The van der Waals surface area contributed by atoms with Crippen molar-refractivity contribution in [3.8, 4) is 11.5 Å². The molecule has 0 heterocycles. The molecule has 0 saturated heterocycles. The van der Waals surface area contributed by atoms with Crippen LogP contribution in [0.4, 0.5) is 0 Å². The standard InChI is InChI=1S/C24H20Cl2N2O4/c1-15-3-10-22(16(2)11-15)31-14-23(29)28-27-13-17-4-7-19(8-5-17)32-24(30)20-9-6-18(25)12-21(20)26/h3-13H,14H2,1-2H3,(H,28,29). The Morgan fingerprint density at radius 2 is 1.75 bits per heavy atom. The molecule has 0 aliphatic carbocycles. The summed E-state index contributed by atoms with van der Waals surface area (Å²) in [5, 5.41) is 4.55. The molecule has 0 fully saturated rings. The van der Waals surface area contributed by atoms with E-state index in [1.165, 1.54) is 18.3 Å². The summed E-state index contributed by atoms with van der Waals surface area (Å²) in [7, 11) is 0. The van der Waals surface area contributed by atoms with Crippen molar-refractivity contribution in [2.75, 3.05) is 6.61 Å². The van der Waals surface area contributed by atoms with Crippen LogP contribution in [0.1, 0.15) is 27.0 Å².